The molecule has 5 nitrogen and oxygen atoms in total. The summed E-state index contributed by atoms with van der Waals surface area (Å²) in [5.41, 5.74) is 0. The molecule has 1 atom stereocenters. The highest BCUT2D eigenvalue weighted by atomic mass is 16.4. The van der Waals surface area contributed by atoms with Crippen LogP contribution in [0.3, 0.4) is 0 Å². The maximum absolute atomic E-state index is 11.9. The molecule has 2 rings (SSSR count). The summed E-state index contributed by atoms with van der Waals surface area (Å²) < 4.78 is 0. The number of imide groups is 1. The number of likely N-dealkylation sites (tertiary alicyclic amines) is 1. The van der Waals surface area contributed by atoms with Crippen molar-refractivity contribution in [3.63, 3.8) is 0 Å². The van der Waals surface area contributed by atoms with E-state index >= 15 is 0 Å². The molecular formula is C12H17NO4. The van der Waals surface area contributed by atoms with Crippen LogP contribution in [0.25, 0.3) is 0 Å². The third kappa shape index (κ3) is 2.65. The van der Waals surface area contributed by atoms with Crippen molar-refractivity contribution < 1.29 is 19.5 Å². The number of nitrogens with zero attached hydrogens (tertiary/aromatic N) is 1. The van der Waals surface area contributed by atoms with Gasteiger partial charge in [0.15, 0.2) is 0 Å². The quantitative estimate of drug-likeness (QED) is 0.743. The molecule has 1 saturated heterocycles. The molecule has 1 aliphatic heterocycles. The molecule has 1 N–H and O–H groups in total. The highest BCUT2D eigenvalue weighted by Crippen LogP contribution is 2.38. The largest absolute Gasteiger partial charge is 0.481 e. The van der Waals surface area contributed by atoms with Gasteiger partial charge in [-0.05, 0) is 24.7 Å². The Morgan fingerprint density at radius 3 is 2.29 bits per heavy atom. The third-order valence-corrected chi connectivity index (χ3v) is 3.47. The zero-order chi connectivity index (χ0) is 12.6. The summed E-state index contributed by atoms with van der Waals surface area (Å²) >= 11 is 0. The van der Waals surface area contributed by atoms with Gasteiger partial charge in [-0.25, -0.2) is 0 Å². The maximum Gasteiger partial charge on any atom is 0.305 e. The molecule has 1 aliphatic carbocycles. The summed E-state index contributed by atoms with van der Waals surface area (Å²) in [6.45, 7) is 1.87. The number of carboxylic acid groups (broad SMARTS) is 1. The molecule has 0 radical (unpaired) electrons. The zero-order valence-electron chi connectivity index (χ0n) is 9.89. The van der Waals surface area contributed by atoms with Gasteiger partial charge in [0.25, 0.3) is 0 Å². The Bertz CT molecular complexity index is 344. The Balaban J connectivity index is 2.13. The molecule has 0 aromatic carbocycles. The van der Waals surface area contributed by atoms with E-state index in [-0.39, 0.29) is 30.1 Å². The first-order valence-corrected chi connectivity index (χ1v) is 6.05. The van der Waals surface area contributed by atoms with E-state index in [1.54, 1.807) is 0 Å². The lowest BCUT2D eigenvalue weighted by molar-refractivity contribution is -0.154. The first-order chi connectivity index (χ1) is 7.99. The summed E-state index contributed by atoms with van der Waals surface area (Å²) in [7, 11) is 0. The molecule has 2 fully saturated rings. The predicted molar refractivity (Wildman–Crippen MR) is 59.0 cm³/mol. The monoisotopic (exact) mass is 239 g/mol. The van der Waals surface area contributed by atoms with Crippen molar-refractivity contribution in [2.45, 2.75) is 45.1 Å². The molecule has 1 heterocycles. The molecule has 0 spiro atoms. The zero-order valence-corrected chi connectivity index (χ0v) is 9.89. The van der Waals surface area contributed by atoms with Crippen LogP contribution in [0.2, 0.25) is 0 Å². The van der Waals surface area contributed by atoms with Crippen LogP contribution in [0.5, 0.6) is 0 Å². The van der Waals surface area contributed by atoms with E-state index in [1.807, 2.05) is 6.92 Å². The van der Waals surface area contributed by atoms with Crippen LogP contribution in [-0.2, 0) is 14.4 Å². The lowest BCUT2D eigenvalue weighted by atomic mass is 9.94. The number of aliphatic carboxylic acids is 1. The number of hydrogen-bond acceptors (Lipinski definition) is 3. The van der Waals surface area contributed by atoms with Crippen molar-refractivity contribution in [3.8, 4) is 0 Å². The van der Waals surface area contributed by atoms with E-state index in [0.717, 1.165) is 12.8 Å². The SMILES string of the molecule is CC1CC(=O)N(C(CC(=O)O)C2CC2)C(=O)C1. The van der Waals surface area contributed by atoms with Crippen molar-refractivity contribution in [2.24, 2.45) is 11.8 Å². The molecule has 1 unspecified atom stereocenters. The molecule has 94 valence electrons. The molecule has 5 heteroatoms. The molecule has 17 heavy (non-hydrogen) atoms. The summed E-state index contributed by atoms with van der Waals surface area (Å²) in [6, 6.07) is -0.417. The number of hydrogen-bond donors (Lipinski definition) is 1. The lowest BCUT2D eigenvalue weighted by Crippen LogP contribution is -2.50. The predicted octanol–water partition coefficient (Wildman–Crippen LogP) is 1.02. The first kappa shape index (κ1) is 12.1. The van der Waals surface area contributed by atoms with Gasteiger partial charge in [-0.1, -0.05) is 6.92 Å². The fourth-order valence-electron chi connectivity index (χ4n) is 2.50. The van der Waals surface area contributed by atoms with Gasteiger partial charge < -0.3 is 5.11 Å². The highest BCUT2D eigenvalue weighted by Gasteiger charge is 2.43. The van der Waals surface area contributed by atoms with Crippen LogP contribution in [0.1, 0.15) is 39.0 Å². The van der Waals surface area contributed by atoms with Crippen LogP contribution >= 0.6 is 0 Å². The number of rotatable bonds is 4. The minimum Gasteiger partial charge on any atom is -0.481 e. The van der Waals surface area contributed by atoms with Crippen LogP contribution in [-0.4, -0.2) is 33.8 Å². The van der Waals surface area contributed by atoms with E-state index in [9.17, 15) is 14.4 Å². The fourth-order valence-corrected chi connectivity index (χ4v) is 2.50. The van der Waals surface area contributed by atoms with Gasteiger partial charge in [0.1, 0.15) is 0 Å². The number of carbonyl (C=O) groups excluding carboxylic acids is 2. The molecule has 0 bridgehead atoms. The van der Waals surface area contributed by atoms with Crippen molar-refractivity contribution in [1.29, 1.82) is 0 Å². The van der Waals surface area contributed by atoms with Gasteiger partial charge in [0.2, 0.25) is 11.8 Å². The summed E-state index contributed by atoms with van der Waals surface area (Å²) in [5, 5.41) is 8.87. The standard InChI is InChI=1S/C12H17NO4/c1-7-4-10(14)13(11(15)5-7)9(6-12(16)17)8-2-3-8/h7-9H,2-6H2,1H3,(H,16,17). The van der Waals surface area contributed by atoms with Crippen molar-refractivity contribution >= 4 is 17.8 Å². The molecular weight excluding hydrogens is 222 g/mol. The molecule has 1 saturated carbocycles. The normalized spacial score (nSPS) is 23.9. The molecule has 0 aromatic heterocycles. The highest BCUT2D eigenvalue weighted by molar-refractivity contribution is 5.98. The van der Waals surface area contributed by atoms with E-state index in [2.05, 4.69) is 0 Å². The van der Waals surface area contributed by atoms with Crippen molar-refractivity contribution in [3.05, 3.63) is 0 Å². The number of piperidine rings is 1. The Morgan fingerprint density at radius 2 is 1.88 bits per heavy atom. The smallest absolute Gasteiger partial charge is 0.305 e. The number of amides is 2. The first-order valence-electron chi connectivity index (χ1n) is 6.05. The topological polar surface area (TPSA) is 74.7 Å². The van der Waals surface area contributed by atoms with Crippen LogP contribution in [0.4, 0.5) is 0 Å². The van der Waals surface area contributed by atoms with E-state index < -0.39 is 12.0 Å². The second kappa shape index (κ2) is 4.47. The van der Waals surface area contributed by atoms with Gasteiger partial charge in [0.05, 0.1) is 12.5 Å². The molecule has 0 aromatic rings. The summed E-state index contributed by atoms with van der Waals surface area (Å²) in [5.74, 6) is -1.07. The van der Waals surface area contributed by atoms with Gasteiger partial charge in [-0.2, -0.15) is 0 Å². The third-order valence-electron chi connectivity index (χ3n) is 3.47. The van der Waals surface area contributed by atoms with Crippen LogP contribution in [0.15, 0.2) is 0 Å². The van der Waals surface area contributed by atoms with E-state index in [4.69, 9.17) is 5.11 Å². The summed E-state index contributed by atoms with van der Waals surface area (Å²) in [4.78, 5) is 35.8. The second-order valence-electron chi connectivity index (χ2n) is 5.17. The molecule has 2 amide bonds. The maximum atomic E-state index is 11.9. The minimum atomic E-state index is -0.943. The Kier molecular flexibility index (Phi) is 3.17. The van der Waals surface area contributed by atoms with Gasteiger partial charge in [-0.15, -0.1) is 0 Å². The minimum absolute atomic E-state index is 0.0796. The second-order valence-corrected chi connectivity index (χ2v) is 5.17. The van der Waals surface area contributed by atoms with E-state index in [0.29, 0.717) is 12.8 Å². The Hall–Kier alpha value is -1.39. The van der Waals surface area contributed by atoms with Crippen LogP contribution < -0.4 is 0 Å². The molecule has 2 aliphatic rings. The van der Waals surface area contributed by atoms with Gasteiger partial charge in [0, 0.05) is 12.8 Å². The number of carboxylic acids is 1. The van der Waals surface area contributed by atoms with E-state index in [1.165, 1.54) is 4.90 Å². The van der Waals surface area contributed by atoms with Crippen LogP contribution in [0, 0.1) is 11.8 Å². The Morgan fingerprint density at radius 1 is 1.35 bits per heavy atom. The number of carbonyl (C=O) groups is 3. The van der Waals surface area contributed by atoms with Crippen molar-refractivity contribution in [1.82, 2.24) is 4.90 Å². The summed E-state index contributed by atoms with van der Waals surface area (Å²) in [6.07, 6.45) is 2.44. The average molecular weight is 239 g/mol. The van der Waals surface area contributed by atoms with Gasteiger partial charge >= 0.3 is 5.97 Å². The average Bonchev–Trinajstić information content (AvgIpc) is 2.96. The Labute approximate surface area is 99.8 Å². The fraction of sp³-hybridized carbons (Fsp3) is 0.750. The van der Waals surface area contributed by atoms with Gasteiger partial charge in [-0.3, -0.25) is 19.3 Å². The lowest BCUT2D eigenvalue weighted by Gasteiger charge is -2.34. The van der Waals surface area contributed by atoms with Crippen molar-refractivity contribution in [2.75, 3.05) is 0 Å².